The Kier molecular flexibility index (Phi) is 70.2. The van der Waals surface area contributed by atoms with Crippen molar-refractivity contribution in [2.45, 2.75) is 73.7 Å². The van der Waals surface area contributed by atoms with E-state index < -0.39 is 24.1 Å². The van der Waals surface area contributed by atoms with Crippen LogP contribution in [0.1, 0.15) is 107 Å². The van der Waals surface area contributed by atoms with Crippen molar-refractivity contribution in [2.75, 3.05) is 96.0 Å². The van der Waals surface area contributed by atoms with Crippen molar-refractivity contribution in [3.05, 3.63) is 227 Å². The minimum atomic E-state index is -0.606. The van der Waals surface area contributed by atoms with Crippen LogP contribution in [0.5, 0.6) is 11.5 Å². The van der Waals surface area contributed by atoms with Crippen LogP contribution >= 0.6 is 189 Å². The number of aromatic hydroxyl groups is 2. The Bertz CT molecular complexity index is 5640. The SMILES string of the molecule is C=C(C#N)C#N.CC(=O)N1/C(=C/C(C#N)=C2/OC(CO)CN2C)C(=O)c2ccccc21.CC(=O)N1CC(=O)c2ccccc21.CC(=O)OC(C)=O.CC(=O)n1c(C=C(C#N)C#N)c(O)c2ccccc21.CC(=O)n1c(C=C(C#N)C#N)c(O)c2ccccc21.CCI.CCI.CI.CN1CC(CO)O/C1=C(C#N)/C=C1/Nc2ccccc2C1=O.CNCC(O)CO.I.I[I-]I.[CH3-].[I][V]([I])[I]. The quantitative estimate of drug-likeness (QED) is 0.0127. The van der Waals surface area contributed by atoms with Gasteiger partial charge in [0, 0.05) is 95.3 Å². The summed E-state index contributed by atoms with van der Waals surface area (Å²) in [4.78, 5) is 111. The molecule has 45 heteroatoms. The second-order valence-corrected chi connectivity index (χ2v) is 80.5. The predicted molar refractivity (Wildman–Crippen MR) is 587 cm³/mol. The van der Waals surface area contributed by atoms with Crippen LogP contribution in [0.25, 0.3) is 34.0 Å². The fraction of sp³-hybridized carbons (Fsp3) is 0.267. The van der Waals surface area contributed by atoms with Crippen LogP contribution in [0.4, 0.5) is 17.1 Å². The van der Waals surface area contributed by atoms with Gasteiger partial charge in [0.15, 0.2) is 5.78 Å². The summed E-state index contributed by atoms with van der Waals surface area (Å²) >= 11 is 19.4. The Morgan fingerprint density at radius 1 is 0.585 bits per heavy atom. The molecule has 5 aliphatic rings. The number of nitriles is 8. The molecule has 3 atom stereocenters. The van der Waals surface area contributed by atoms with Gasteiger partial charge >= 0.3 is 127 Å². The zero-order valence-electron chi connectivity index (χ0n) is 74.8. The molecule has 0 bridgehead atoms. The molecule has 8 N–H and O–H groups in total. The molecule has 2 aromatic heterocycles. The number of para-hydroxylation sites is 5. The summed E-state index contributed by atoms with van der Waals surface area (Å²) in [7, 11) is 5.23. The number of ether oxygens (including phenoxy) is 3. The molecule has 7 heterocycles. The van der Waals surface area contributed by atoms with Gasteiger partial charge in [0.2, 0.25) is 47.0 Å². The van der Waals surface area contributed by atoms with E-state index >= 15 is 0 Å². The molecule has 5 aliphatic heterocycles. The maximum atomic E-state index is 12.7. The Labute approximate surface area is 909 Å². The van der Waals surface area contributed by atoms with Gasteiger partial charge in [-0.05, 0) is 106 Å². The van der Waals surface area contributed by atoms with Crippen LogP contribution in [0.2, 0.25) is 0 Å². The van der Waals surface area contributed by atoms with Crippen molar-refractivity contribution < 1.29 is 106 Å². The van der Waals surface area contributed by atoms with Crippen molar-refractivity contribution >= 4 is 293 Å². The van der Waals surface area contributed by atoms with Crippen LogP contribution in [-0.4, -0.2) is 202 Å². The number of allylic oxidation sites excluding steroid dienone is 9. The third kappa shape index (κ3) is 43.1. The third-order valence-electron chi connectivity index (χ3n) is 16.6. The summed E-state index contributed by atoms with van der Waals surface area (Å²) in [6, 6.07) is 48.8. The number of alkyl halides is 3. The van der Waals surface area contributed by atoms with Gasteiger partial charge in [-0.15, -0.1) is 24.0 Å². The molecule has 0 radical (unpaired) electrons. The zero-order valence-corrected chi connectivity index (χ0v) is 97.9. The number of aliphatic hydroxyl groups is 4. The topological polar surface area (TPSA) is 540 Å². The van der Waals surface area contributed by atoms with E-state index in [4.69, 9.17) is 56.4 Å². The molecule has 0 spiro atoms. The molecule has 2 fully saturated rings. The van der Waals surface area contributed by atoms with E-state index in [1.54, 1.807) is 170 Å². The predicted octanol–water partition coefficient (Wildman–Crippen LogP) is 14.2. The number of anilines is 3. The second-order valence-electron chi connectivity index (χ2n) is 25.8. The summed E-state index contributed by atoms with van der Waals surface area (Å²) in [5, 5.41) is 132. The summed E-state index contributed by atoms with van der Waals surface area (Å²) in [5.41, 5.74) is 5.41. The van der Waals surface area contributed by atoms with Gasteiger partial charge in [-0.25, -0.2) is 0 Å². The Morgan fingerprint density at radius 3 is 1.27 bits per heavy atom. The summed E-state index contributed by atoms with van der Waals surface area (Å²) in [5.74, 6) is -2.17. The van der Waals surface area contributed by atoms with E-state index in [1.165, 1.54) is 93.6 Å². The monoisotopic (exact) mass is 3010 g/mol. The number of aromatic nitrogens is 2. The molecular weight excluding hydrogens is 2910 g/mol. The fourth-order valence-electron chi connectivity index (χ4n) is 11.5. The number of carbonyl (C=O) groups excluding carboxylic acids is 9. The number of ketones is 3. The molecule has 0 saturated carbocycles. The van der Waals surface area contributed by atoms with Gasteiger partial charge in [0.25, 0.3) is 0 Å². The number of esters is 2. The van der Waals surface area contributed by atoms with Crippen LogP contribution in [0, 0.1) is 98.1 Å². The Morgan fingerprint density at radius 2 is 0.956 bits per heavy atom. The first-order valence-electron chi connectivity index (χ1n) is 38.1. The van der Waals surface area contributed by atoms with Crippen molar-refractivity contribution in [1.82, 2.24) is 24.3 Å². The molecule has 2 saturated heterocycles. The van der Waals surface area contributed by atoms with Crippen molar-refractivity contribution in [3.8, 4) is 60.1 Å². The number of likely N-dealkylation sites (N-methyl/N-ethyl adjacent to an activating group) is 3. The van der Waals surface area contributed by atoms with Gasteiger partial charge in [-0.2, -0.15) is 42.1 Å². The van der Waals surface area contributed by atoms with Crippen LogP contribution in [0.15, 0.2) is 191 Å². The van der Waals surface area contributed by atoms with Crippen molar-refractivity contribution in [3.63, 3.8) is 0 Å². The second kappa shape index (κ2) is 72.3. The first-order valence-corrected chi connectivity index (χ1v) is 69.4. The number of hydrogen-bond acceptors (Lipinski definition) is 30. The Hall–Kier alpha value is -8.01. The number of amides is 2. The average molecular weight is 3010 g/mol. The van der Waals surface area contributed by atoms with E-state index in [1.807, 2.05) is 29.2 Å². The number of aliphatic hydroxyl groups excluding tert-OH is 4. The van der Waals surface area contributed by atoms with Crippen LogP contribution in [-0.2, 0) is 38.3 Å². The number of benzene rings is 5. The summed E-state index contributed by atoms with van der Waals surface area (Å²) < 4.78 is 20.1. The molecule has 2 amide bonds. The number of hydrogen-bond donors (Lipinski definition) is 8. The van der Waals surface area contributed by atoms with Crippen molar-refractivity contribution in [1.29, 1.82) is 42.1 Å². The van der Waals surface area contributed by atoms with Crippen molar-refractivity contribution in [2.24, 2.45) is 0 Å². The van der Waals surface area contributed by atoms with E-state index in [0.717, 1.165) is 11.4 Å². The number of carbonyl (C=O) groups is 9. The number of rotatable bonds is 9. The van der Waals surface area contributed by atoms with Gasteiger partial charge in [0.05, 0.1) is 90.7 Å². The third-order valence-corrected chi connectivity index (χ3v) is 16.6. The molecule has 7 aromatic rings. The van der Waals surface area contributed by atoms with E-state index in [-0.39, 0.29) is 172 Å². The minimum absolute atomic E-state index is 0. The number of nitrogens with zero attached hydrogens (tertiary/aromatic N) is 14. The zero-order chi connectivity index (χ0) is 101. The number of Topliss-reactive ketones (excluding diaryl/α,β-unsaturated/α-hetero) is 3. The molecule has 34 nitrogen and oxygen atoms in total. The molecule has 720 valence electrons. The standard InChI is InChI=1S/C18H17N3O4.C16H15N3O3.2C14H9N3O2.C10H9NO2.C4H2N2.C4H11NO2.C4H6O3.2C2H5I.CH3I.CH3.I3.4HI.V/c1-11(23)21-15-6-4-3-5-14(15)17(24)16(21)7-12(8-19)18-20(2)9-13(10-22)25-18;1-19-8-11(9-20)22-16(19)10(7-17)6-14-15(21)12-4-2-3-5-13(12)18-14;2*1-9(18)17-12-5-3-2-4-11(12)14(19)13(17)6-10(7-15)8-16;1-7(12)11-6-10(13)8-4-2-3-5-9(8)11;1-4(2-5)3-6;1-5-2-4(7)3-6;1-3(5)7-4(2)6;2*1-2-3;1-2;;1-3-2;;;;;/h3-7,13,22H,9-10H2,1-2H3;2-6,11,18,20H,8-9H2,1H3;2*2-6,19H,1H3;2-5H,6H2,1H3;1H2;4-7H,2-3H2,1H3;1-2H3;2*2H2,1H3;1H3;1H3;;4*1H;/q;;;;;;;;;;;2*-1;;;;;+3/p-3/b16-7+,18-12-;14-6+,16-10-;;;;;;;;;;;;;;;;. The first-order chi connectivity index (χ1) is 63.2. The van der Waals surface area contributed by atoms with Gasteiger partial charge in [0.1, 0.15) is 100 Å². The molecular formula is C90H95I10N16O18V-2. The fourth-order valence-corrected chi connectivity index (χ4v) is 11.5. The molecule has 12 rings (SSSR count). The summed E-state index contributed by atoms with van der Waals surface area (Å²) in [6.45, 7) is 16.3. The number of halogens is 10. The van der Waals surface area contributed by atoms with Gasteiger partial charge in [-0.1, -0.05) is 149 Å². The van der Waals surface area contributed by atoms with Crippen LogP contribution < -0.4 is 33.7 Å². The molecule has 3 unspecified atom stereocenters. The molecule has 135 heavy (non-hydrogen) atoms. The molecule has 5 aromatic carbocycles. The van der Waals surface area contributed by atoms with Gasteiger partial charge in [-0.3, -0.25) is 57.2 Å². The number of fused-ring (bicyclic) bond motifs is 5. The van der Waals surface area contributed by atoms with E-state index in [9.17, 15) is 69.0 Å². The maximum absolute atomic E-state index is 12.7. The summed E-state index contributed by atoms with van der Waals surface area (Å²) in [6.07, 6.45) is 3.88. The van der Waals surface area contributed by atoms with E-state index in [0.29, 0.717) is 88.7 Å². The van der Waals surface area contributed by atoms with Gasteiger partial charge < -0.3 is 77.6 Å². The molecule has 0 aliphatic carbocycles. The normalized spacial score (nSPS) is 14.3. The van der Waals surface area contributed by atoms with Crippen LogP contribution in [0.3, 0.4) is 0 Å². The Balaban J connectivity index is -0.00000149. The number of nitrogens with one attached hydrogen (secondary N) is 2. The average Bonchev–Trinajstić information content (AvgIpc) is 1.63. The first kappa shape index (κ1) is 131. The van der Waals surface area contributed by atoms with E-state index in [2.05, 4.69) is 207 Å².